The van der Waals surface area contributed by atoms with Crippen molar-refractivity contribution in [2.24, 2.45) is 0 Å². The second kappa shape index (κ2) is 10.8. The van der Waals surface area contributed by atoms with Gasteiger partial charge in [0.15, 0.2) is 0 Å². The highest BCUT2D eigenvalue weighted by Gasteiger charge is 2.26. The van der Waals surface area contributed by atoms with E-state index in [1.807, 2.05) is 59.5 Å². The first-order valence-corrected chi connectivity index (χ1v) is 10.2. The first kappa shape index (κ1) is 21.1. The van der Waals surface area contributed by atoms with Gasteiger partial charge in [-0.1, -0.05) is 18.2 Å². The summed E-state index contributed by atoms with van der Waals surface area (Å²) in [6.45, 7) is 3.39. The van der Waals surface area contributed by atoms with Crippen molar-refractivity contribution >= 4 is 11.7 Å². The van der Waals surface area contributed by atoms with Gasteiger partial charge in [0.25, 0.3) is 0 Å². The summed E-state index contributed by atoms with van der Waals surface area (Å²) in [5.74, 6) is 1.53. The van der Waals surface area contributed by atoms with Gasteiger partial charge in [-0.25, -0.2) is 4.79 Å². The van der Waals surface area contributed by atoms with Gasteiger partial charge in [0.1, 0.15) is 11.5 Å². The number of carbonyl (C=O) groups excluding carboxylic acids is 1. The Morgan fingerprint density at radius 3 is 2.38 bits per heavy atom. The number of rotatable bonds is 8. The van der Waals surface area contributed by atoms with Crippen LogP contribution in [0.1, 0.15) is 19.3 Å². The summed E-state index contributed by atoms with van der Waals surface area (Å²) in [4.78, 5) is 17.3. The van der Waals surface area contributed by atoms with Crippen LogP contribution < -0.4 is 10.1 Å². The molecule has 2 amide bonds. The van der Waals surface area contributed by atoms with Crippen LogP contribution in [0.15, 0.2) is 54.6 Å². The Hall–Kier alpha value is -2.57. The monoisotopic (exact) mass is 397 g/mol. The Balaban J connectivity index is 1.60. The third-order valence-corrected chi connectivity index (χ3v) is 5.22. The standard InChI is InChI=1S/C23H31N3O3/c1-25-16-13-20(14-17-25)26(15-6-18-28-2)23(27)24-19-9-11-22(12-10-19)29-21-7-4-3-5-8-21/h3-5,7-12,20H,6,13-18H2,1-2H3,(H,24,27). The molecule has 0 aliphatic carbocycles. The van der Waals surface area contributed by atoms with Crippen molar-refractivity contribution in [2.45, 2.75) is 25.3 Å². The number of para-hydroxylation sites is 1. The number of carbonyl (C=O) groups is 1. The van der Waals surface area contributed by atoms with Crippen molar-refractivity contribution in [1.29, 1.82) is 0 Å². The van der Waals surface area contributed by atoms with Gasteiger partial charge in [0.05, 0.1) is 0 Å². The molecule has 0 unspecified atom stereocenters. The van der Waals surface area contributed by atoms with Gasteiger partial charge in [-0.3, -0.25) is 0 Å². The molecule has 0 saturated carbocycles. The fourth-order valence-electron chi connectivity index (χ4n) is 3.56. The summed E-state index contributed by atoms with van der Waals surface area (Å²) in [5.41, 5.74) is 0.764. The highest BCUT2D eigenvalue weighted by atomic mass is 16.5. The van der Waals surface area contributed by atoms with Crippen LogP contribution in [-0.4, -0.2) is 62.3 Å². The first-order chi connectivity index (χ1) is 14.2. The molecule has 0 aromatic heterocycles. The van der Waals surface area contributed by atoms with E-state index in [1.165, 1.54) is 0 Å². The molecule has 0 bridgehead atoms. The summed E-state index contributed by atoms with van der Waals surface area (Å²) in [7, 11) is 3.82. The number of nitrogens with zero attached hydrogens (tertiary/aromatic N) is 2. The van der Waals surface area contributed by atoms with E-state index in [1.54, 1.807) is 7.11 Å². The Kier molecular flexibility index (Phi) is 7.90. The molecule has 29 heavy (non-hydrogen) atoms. The van der Waals surface area contributed by atoms with Crippen LogP contribution in [0.5, 0.6) is 11.5 Å². The molecule has 0 radical (unpaired) electrons. The Bertz CT molecular complexity index is 744. The highest BCUT2D eigenvalue weighted by Crippen LogP contribution is 2.23. The van der Waals surface area contributed by atoms with Gasteiger partial charge < -0.3 is 24.6 Å². The lowest BCUT2D eigenvalue weighted by atomic mass is 10.0. The van der Waals surface area contributed by atoms with Gasteiger partial charge in [0.2, 0.25) is 0 Å². The number of benzene rings is 2. The molecule has 1 aliphatic rings. The number of amides is 2. The van der Waals surface area contributed by atoms with E-state index < -0.39 is 0 Å². The topological polar surface area (TPSA) is 54.0 Å². The molecule has 1 saturated heterocycles. The molecular formula is C23H31N3O3. The number of anilines is 1. The van der Waals surface area contributed by atoms with E-state index >= 15 is 0 Å². The summed E-state index contributed by atoms with van der Waals surface area (Å²) >= 11 is 0. The number of hydrogen-bond donors (Lipinski definition) is 1. The second-order valence-electron chi connectivity index (χ2n) is 7.44. The van der Waals surface area contributed by atoms with E-state index in [0.717, 1.165) is 49.5 Å². The van der Waals surface area contributed by atoms with Crippen LogP contribution in [0.4, 0.5) is 10.5 Å². The van der Waals surface area contributed by atoms with E-state index in [2.05, 4.69) is 17.3 Å². The Morgan fingerprint density at radius 2 is 1.72 bits per heavy atom. The summed E-state index contributed by atoms with van der Waals surface area (Å²) < 4.78 is 11.0. The van der Waals surface area contributed by atoms with Crippen molar-refractivity contribution in [2.75, 3.05) is 45.7 Å². The highest BCUT2D eigenvalue weighted by molar-refractivity contribution is 5.89. The SMILES string of the molecule is COCCCN(C(=O)Nc1ccc(Oc2ccccc2)cc1)C1CCN(C)CC1. The molecule has 2 aromatic carbocycles. The molecule has 6 heteroatoms. The van der Waals surface area contributed by atoms with Crippen molar-refractivity contribution < 1.29 is 14.3 Å². The number of likely N-dealkylation sites (tertiary alicyclic amines) is 1. The zero-order valence-corrected chi connectivity index (χ0v) is 17.3. The van der Waals surface area contributed by atoms with Crippen LogP contribution in [-0.2, 0) is 4.74 Å². The number of methoxy groups -OCH3 is 1. The first-order valence-electron chi connectivity index (χ1n) is 10.2. The number of piperidine rings is 1. The predicted octanol–water partition coefficient (Wildman–Crippen LogP) is 4.44. The molecule has 2 aromatic rings. The molecule has 0 atom stereocenters. The molecular weight excluding hydrogens is 366 g/mol. The Labute approximate surface area is 173 Å². The smallest absolute Gasteiger partial charge is 0.322 e. The van der Waals surface area contributed by atoms with E-state index in [4.69, 9.17) is 9.47 Å². The molecule has 1 aliphatic heterocycles. The third kappa shape index (κ3) is 6.48. The summed E-state index contributed by atoms with van der Waals surface area (Å²) in [6.07, 6.45) is 2.83. The number of ether oxygens (including phenoxy) is 2. The largest absolute Gasteiger partial charge is 0.457 e. The molecule has 3 rings (SSSR count). The van der Waals surface area contributed by atoms with Gasteiger partial charge in [-0.2, -0.15) is 0 Å². The molecule has 1 heterocycles. The van der Waals surface area contributed by atoms with Crippen LogP contribution in [0, 0.1) is 0 Å². The molecule has 1 fully saturated rings. The minimum absolute atomic E-state index is 0.0487. The minimum Gasteiger partial charge on any atom is -0.457 e. The van der Waals surface area contributed by atoms with Crippen LogP contribution in [0.2, 0.25) is 0 Å². The summed E-state index contributed by atoms with van der Waals surface area (Å²) in [5, 5.41) is 3.05. The van der Waals surface area contributed by atoms with Gasteiger partial charge in [0, 0.05) is 32.0 Å². The second-order valence-corrected chi connectivity index (χ2v) is 7.44. The van der Waals surface area contributed by atoms with Crippen LogP contribution in [0.25, 0.3) is 0 Å². The minimum atomic E-state index is -0.0487. The van der Waals surface area contributed by atoms with E-state index in [-0.39, 0.29) is 12.1 Å². The van der Waals surface area contributed by atoms with E-state index in [9.17, 15) is 4.79 Å². The zero-order valence-electron chi connectivity index (χ0n) is 17.3. The quantitative estimate of drug-likeness (QED) is 0.669. The summed E-state index contributed by atoms with van der Waals surface area (Å²) in [6, 6.07) is 17.3. The van der Waals surface area contributed by atoms with Crippen molar-refractivity contribution in [3.05, 3.63) is 54.6 Å². The number of urea groups is 1. The molecule has 1 N–H and O–H groups in total. The van der Waals surface area contributed by atoms with Crippen molar-refractivity contribution in [1.82, 2.24) is 9.80 Å². The maximum absolute atomic E-state index is 13.0. The number of hydrogen-bond acceptors (Lipinski definition) is 4. The van der Waals surface area contributed by atoms with E-state index in [0.29, 0.717) is 13.2 Å². The normalized spacial score (nSPS) is 15.1. The number of nitrogens with one attached hydrogen (secondary N) is 1. The van der Waals surface area contributed by atoms with Gasteiger partial charge in [-0.15, -0.1) is 0 Å². The Morgan fingerprint density at radius 1 is 1.07 bits per heavy atom. The predicted molar refractivity (Wildman–Crippen MR) is 116 cm³/mol. The average molecular weight is 398 g/mol. The van der Waals surface area contributed by atoms with Crippen molar-refractivity contribution in [3.8, 4) is 11.5 Å². The van der Waals surface area contributed by atoms with Crippen LogP contribution in [0.3, 0.4) is 0 Å². The molecule has 6 nitrogen and oxygen atoms in total. The van der Waals surface area contributed by atoms with Crippen molar-refractivity contribution in [3.63, 3.8) is 0 Å². The fourth-order valence-corrected chi connectivity index (χ4v) is 3.56. The van der Waals surface area contributed by atoms with Gasteiger partial charge >= 0.3 is 6.03 Å². The zero-order chi connectivity index (χ0) is 20.5. The maximum Gasteiger partial charge on any atom is 0.322 e. The average Bonchev–Trinajstić information content (AvgIpc) is 2.74. The van der Waals surface area contributed by atoms with Crippen LogP contribution >= 0.6 is 0 Å². The maximum atomic E-state index is 13.0. The van der Waals surface area contributed by atoms with Gasteiger partial charge in [-0.05, 0) is 75.8 Å². The lowest BCUT2D eigenvalue weighted by molar-refractivity contribution is 0.126. The molecule has 156 valence electrons. The fraction of sp³-hybridized carbons (Fsp3) is 0.435. The lowest BCUT2D eigenvalue weighted by Gasteiger charge is -2.37. The lowest BCUT2D eigenvalue weighted by Crippen LogP contribution is -2.48. The third-order valence-electron chi connectivity index (χ3n) is 5.22. The molecule has 0 spiro atoms.